The Morgan fingerprint density at radius 2 is 1.11 bits per heavy atom. The molecular formula is C55H54O6. The maximum atomic E-state index is 13.2. The van der Waals surface area contributed by atoms with Crippen LogP contribution in [0.15, 0.2) is 153 Å². The van der Waals surface area contributed by atoms with E-state index in [1.165, 1.54) is 34.9 Å². The minimum Gasteiger partial charge on any atom is -0.463 e. The SMILES string of the molecule is C=CC(=O)OCCCCCC1(C(CCCC)OC(=O)C=C)c2ccccc2-c2ccc(-c3c4ccccc4c(-c4ccc(CCCOC(=O)C=C)cc4)c4ccccc34)cc21. The lowest BCUT2D eigenvalue weighted by Gasteiger charge is -2.39. The highest BCUT2D eigenvalue weighted by Gasteiger charge is 2.50. The van der Waals surface area contributed by atoms with E-state index in [0.717, 1.165) is 106 Å². The van der Waals surface area contributed by atoms with Crippen molar-refractivity contribution in [3.05, 3.63) is 170 Å². The lowest BCUT2D eigenvalue weighted by molar-refractivity contribution is -0.146. The van der Waals surface area contributed by atoms with Gasteiger partial charge in [0.15, 0.2) is 0 Å². The fraction of sp³-hybridized carbons (Fsp3) is 0.255. The van der Waals surface area contributed by atoms with E-state index in [1.807, 2.05) is 0 Å². The summed E-state index contributed by atoms with van der Waals surface area (Å²) in [5, 5.41) is 4.63. The molecule has 0 amide bonds. The van der Waals surface area contributed by atoms with Crippen LogP contribution in [0.5, 0.6) is 0 Å². The monoisotopic (exact) mass is 810 g/mol. The second kappa shape index (κ2) is 19.7. The van der Waals surface area contributed by atoms with Gasteiger partial charge in [0.1, 0.15) is 6.10 Å². The highest BCUT2D eigenvalue weighted by Crippen LogP contribution is 2.56. The zero-order valence-electron chi connectivity index (χ0n) is 35.1. The normalized spacial score (nSPS) is 14.4. The maximum Gasteiger partial charge on any atom is 0.330 e. The standard InChI is InChI=1S/C55H54O6/c1-5-9-27-49(61-52(58)8-4)55(34-17-10-18-35-59-50(56)6-2)47-26-16-15-21-41(47)42-33-32-40(37-48(42)55)54-45-24-13-11-22-43(45)53(44-23-12-14-25-46(44)54)39-30-28-38(29-31-39)20-19-36-60-51(57)7-3/h6-8,11-16,21-26,28-33,37,49H,2-5,9-10,17-20,27,34-36H2,1H3. The Kier molecular flexibility index (Phi) is 13.7. The van der Waals surface area contributed by atoms with Crippen molar-refractivity contribution in [1.82, 2.24) is 0 Å². The van der Waals surface area contributed by atoms with E-state index in [2.05, 4.69) is 142 Å². The summed E-state index contributed by atoms with van der Waals surface area (Å²) < 4.78 is 17.0. The van der Waals surface area contributed by atoms with Crippen LogP contribution < -0.4 is 0 Å². The number of ether oxygens (including phenoxy) is 3. The van der Waals surface area contributed by atoms with Crippen LogP contribution in [0.2, 0.25) is 0 Å². The minimum absolute atomic E-state index is 0.329. The zero-order valence-corrected chi connectivity index (χ0v) is 35.1. The summed E-state index contributed by atoms with van der Waals surface area (Å²) in [6, 6.07) is 41.5. The smallest absolute Gasteiger partial charge is 0.330 e. The third-order valence-corrected chi connectivity index (χ3v) is 12.1. The molecule has 0 spiro atoms. The van der Waals surface area contributed by atoms with E-state index < -0.39 is 29.4 Å². The van der Waals surface area contributed by atoms with Crippen LogP contribution >= 0.6 is 0 Å². The van der Waals surface area contributed by atoms with Crippen LogP contribution in [-0.2, 0) is 40.4 Å². The molecule has 0 saturated heterocycles. The predicted molar refractivity (Wildman–Crippen MR) is 247 cm³/mol. The van der Waals surface area contributed by atoms with Gasteiger partial charge < -0.3 is 14.2 Å². The molecule has 6 heteroatoms. The molecule has 0 radical (unpaired) electrons. The molecule has 310 valence electrons. The summed E-state index contributed by atoms with van der Waals surface area (Å²) in [6.45, 7) is 13.6. The highest BCUT2D eigenvalue weighted by atomic mass is 16.5. The van der Waals surface area contributed by atoms with Crippen molar-refractivity contribution in [3.63, 3.8) is 0 Å². The Bertz CT molecular complexity index is 2530. The molecule has 61 heavy (non-hydrogen) atoms. The first-order chi connectivity index (χ1) is 29.8. The van der Waals surface area contributed by atoms with Crippen molar-refractivity contribution < 1.29 is 28.6 Å². The van der Waals surface area contributed by atoms with Gasteiger partial charge in [0.25, 0.3) is 0 Å². The van der Waals surface area contributed by atoms with Gasteiger partial charge in [-0.1, -0.05) is 155 Å². The van der Waals surface area contributed by atoms with E-state index in [9.17, 15) is 14.4 Å². The number of esters is 3. The van der Waals surface area contributed by atoms with Crippen molar-refractivity contribution in [2.24, 2.45) is 0 Å². The number of unbranched alkanes of at least 4 members (excludes halogenated alkanes) is 3. The minimum atomic E-state index is -0.631. The lowest BCUT2D eigenvalue weighted by Crippen LogP contribution is -2.42. The first-order valence-electron chi connectivity index (χ1n) is 21.5. The summed E-state index contributed by atoms with van der Waals surface area (Å²) >= 11 is 0. The van der Waals surface area contributed by atoms with Crippen molar-refractivity contribution in [2.45, 2.75) is 76.2 Å². The van der Waals surface area contributed by atoms with Gasteiger partial charge in [-0.3, -0.25) is 0 Å². The van der Waals surface area contributed by atoms with Crippen LogP contribution in [0, 0.1) is 0 Å². The van der Waals surface area contributed by atoms with E-state index in [1.54, 1.807) is 0 Å². The Labute approximate surface area is 359 Å². The van der Waals surface area contributed by atoms with Gasteiger partial charge in [0.05, 0.1) is 18.6 Å². The van der Waals surface area contributed by atoms with E-state index >= 15 is 0 Å². The van der Waals surface area contributed by atoms with Gasteiger partial charge in [0, 0.05) is 18.2 Å². The molecule has 6 aromatic rings. The van der Waals surface area contributed by atoms with E-state index in [0.29, 0.717) is 19.6 Å². The number of hydrogen-bond acceptors (Lipinski definition) is 6. The van der Waals surface area contributed by atoms with Crippen LogP contribution in [0.1, 0.15) is 75.0 Å². The molecule has 2 unspecified atom stereocenters. The Morgan fingerprint density at radius 1 is 0.574 bits per heavy atom. The van der Waals surface area contributed by atoms with Gasteiger partial charge in [-0.25, -0.2) is 14.4 Å². The van der Waals surface area contributed by atoms with Gasteiger partial charge in [0.2, 0.25) is 0 Å². The molecular weight excluding hydrogens is 757 g/mol. The van der Waals surface area contributed by atoms with Crippen LogP contribution in [-0.4, -0.2) is 37.2 Å². The van der Waals surface area contributed by atoms with Gasteiger partial charge in [-0.05, 0) is 116 Å². The highest BCUT2D eigenvalue weighted by molar-refractivity contribution is 6.21. The fourth-order valence-corrected chi connectivity index (χ4v) is 9.33. The number of carbonyl (C=O) groups is 3. The second-order valence-corrected chi connectivity index (χ2v) is 15.7. The quantitative estimate of drug-likeness (QED) is 0.0251. The predicted octanol–water partition coefficient (Wildman–Crippen LogP) is 12.8. The average molecular weight is 811 g/mol. The Hall–Kier alpha value is -6.53. The Morgan fingerprint density at radius 3 is 1.72 bits per heavy atom. The molecule has 0 aromatic heterocycles. The zero-order chi connectivity index (χ0) is 42.8. The number of rotatable bonds is 20. The summed E-state index contributed by atoms with van der Waals surface area (Å²) in [5.74, 6) is -1.24. The van der Waals surface area contributed by atoms with Crippen LogP contribution in [0.4, 0.5) is 0 Å². The molecule has 1 aliphatic carbocycles. The molecule has 0 saturated carbocycles. The van der Waals surface area contributed by atoms with Crippen molar-refractivity contribution >= 4 is 39.5 Å². The second-order valence-electron chi connectivity index (χ2n) is 15.7. The van der Waals surface area contributed by atoms with Crippen LogP contribution in [0.3, 0.4) is 0 Å². The molecule has 2 atom stereocenters. The number of aryl methyl sites for hydroxylation is 1. The molecule has 0 fully saturated rings. The van der Waals surface area contributed by atoms with Gasteiger partial charge in [-0.15, -0.1) is 0 Å². The molecule has 6 aromatic carbocycles. The molecule has 0 heterocycles. The average Bonchev–Trinajstić information content (AvgIpc) is 3.58. The first kappa shape index (κ1) is 42.6. The summed E-state index contributed by atoms with van der Waals surface area (Å²) in [6.07, 6.45) is 10.4. The molecule has 7 rings (SSSR count). The molecule has 0 aliphatic heterocycles. The lowest BCUT2D eigenvalue weighted by atomic mass is 9.68. The number of hydrogen-bond donors (Lipinski definition) is 0. The van der Waals surface area contributed by atoms with Crippen molar-refractivity contribution in [1.29, 1.82) is 0 Å². The third kappa shape index (κ3) is 8.86. The van der Waals surface area contributed by atoms with Crippen molar-refractivity contribution in [3.8, 4) is 33.4 Å². The fourth-order valence-electron chi connectivity index (χ4n) is 9.33. The third-order valence-electron chi connectivity index (χ3n) is 12.1. The molecule has 1 aliphatic rings. The van der Waals surface area contributed by atoms with E-state index in [-0.39, 0.29) is 0 Å². The summed E-state index contributed by atoms with van der Waals surface area (Å²) in [7, 11) is 0. The maximum absolute atomic E-state index is 13.2. The topological polar surface area (TPSA) is 78.9 Å². The van der Waals surface area contributed by atoms with Crippen molar-refractivity contribution in [2.75, 3.05) is 13.2 Å². The summed E-state index contributed by atoms with van der Waals surface area (Å²) in [4.78, 5) is 36.5. The Balaban J connectivity index is 1.36. The summed E-state index contributed by atoms with van der Waals surface area (Å²) in [5.41, 5.74) is 9.76. The van der Waals surface area contributed by atoms with Gasteiger partial charge in [-0.2, -0.15) is 0 Å². The first-order valence-corrected chi connectivity index (χ1v) is 21.5. The molecule has 0 N–H and O–H groups in total. The number of benzene rings is 6. The number of carbonyl (C=O) groups excluding carboxylic acids is 3. The molecule has 0 bridgehead atoms. The van der Waals surface area contributed by atoms with E-state index in [4.69, 9.17) is 14.2 Å². The largest absolute Gasteiger partial charge is 0.463 e. The van der Waals surface area contributed by atoms with Crippen LogP contribution in [0.25, 0.3) is 54.9 Å². The molecule has 6 nitrogen and oxygen atoms in total. The number of fused-ring (bicyclic) bond motifs is 5. The van der Waals surface area contributed by atoms with Gasteiger partial charge >= 0.3 is 17.9 Å².